The summed E-state index contributed by atoms with van der Waals surface area (Å²) in [5, 5.41) is 3.30. The van der Waals surface area contributed by atoms with Crippen molar-refractivity contribution < 1.29 is 14.3 Å². The molecule has 0 saturated carbocycles. The number of carbonyl (C=O) groups excluding carboxylic acids is 2. The number of hydrogen-bond donors (Lipinski definition) is 1. The average Bonchev–Trinajstić information content (AvgIpc) is 2.58. The number of halogens is 1. The Morgan fingerprint density at radius 1 is 1.12 bits per heavy atom. The molecule has 0 fully saturated rings. The first-order valence-electron chi connectivity index (χ1n) is 7.76. The number of carbonyl (C=O) groups is 2. The lowest BCUT2D eigenvalue weighted by Gasteiger charge is -2.15. The standard InChI is InChI=1S/C19H20ClNO3/c1-13-16(20)9-6-10-17(13)21-19(23)14(2)24-18(22)12-11-15-7-4-3-5-8-15/h3-10,14H,11-12H2,1-2H3,(H,21,23)/t14-/m0/s1. The van der Waals surface area contributed by atoms with Crippen molar-refractivity contribution in [1.82, 2.24) is 0 Å². The molecule has 5 heteroatoms. The van der Waals surface area contributed by atoms with Crippen LogP contribution in [0, 0.1) is 6.92 Å². The summed E-state index contributed by atoms with van der Waals surface area (Å²) in [6, 6.07) is 14.9. The summed E-state index contributed by atoms with van der Waals surface area (Å²) in [5.41, 5.74) is 2.44. The van der Waals surface area contributed by atoms with Crippen molar-refractivity contribution >= 4 is 29.2 Å². The molecule has 0 heterocycles. The number of hydrogen-bond acceptors (Lipinski definition) is 3. The number of rotatable bonds is 6. The van der Waals surface area contributed by atoms with Crippen molar-refractivity contribution in [3.63, 3.8) is 0 Å². The van der Waals surface area contributed by atoms with E-state index in [1.54, 1.807) is 25.1 Å². The van der Waals surface area contributed by atoms with Crippen molar-refractivity contribution in [3.05, 3.63) is 64.7 Å². The van der Waals surface area contributed by atoms with Crippen LogP contribution in [0.1, 0.15) is 24.5 Å². The number of anilines is 1. The summed E-state index contributed by atoms with van der Waals surface area (Å²) in [5.74, 6) is -0.780. The van der Waals surface area contributed by atoms with Gasteiger partial charge in [-0.2, -0.15) is 0 Å². The zero-order chi connectivity index (χ0) is 17.5. The Hall–Kier alpha value is -2.33. The maximum atomic E-state index is 12.2. The molecule has 0 aliphatic rings. The molecule has 0 aliphatic heterocycles. The zero-order valence-electron chi connectivity index (χ0n) is 13.7. The fourth-order valence-electron chi connectivity index (χ4n) is 2.18. The smallest absolute Gasteiger partial charge is 0.306 e. The number of benzene rings is 2. The van der Waals surface area contributed by atoms with Gasteiger partial charge in [0.1, 0.15) is 0 Å². The predicted molar refractivity (Wildman–Crippen MR) is 95.1 cm³/mol. The number of ether oxygens (including phenoxy) is 1. The van der Waals surface area contributed by atoms with E-state index in [1.807, 2.05) is 37.3 Å². The maximum Gasteiger partial charge on any atom is 0.306 e. The molecule has 0 bridgehead atoms. The molecular weight excluding hydrogens is 326 g/mol. The molecule has 2 rings (SSSR count). The quantitative estimate of drug-likeness (QED) is 0.800. The van der Waals surface area contributed by atoms with Crippen LogP contribution in [0.15, 0.2) is 48.5 Å². The van der Waals surface area contributed by atoms with E-state index in [0.717, 1.165) is 11.1 Å². The van der Waals surface area contributed by atoms with E-state index in [9.17, 15) is 9.59 Å². The second-order valence-electron chi connectivity index (χ2n) is 5.52. The molecule has 0 radical (unpaired) electrons. The number of amides is 1. The summed E-state index contributed by atoms with van der Waals surface area (Å²) in [7, 11) is 0. The molecule has 1 N–H and O–H groups in total. The van der Waals surface area contributed by atoms with Crippen LogP contribution in [0.2, 0.25) is 5.02 Å². The highest BCUT2D eigenvalue weighted by atomic mass is 35.5. The first-order chi connectivity index (χ1) is 11.5. The predicted octanol–water partition coefficient (Wildman–Crippen LogP) is 4.15. The van der Waals surface area contributed by atoms with Crippen molar-refractivity contribution in [2.45, 2.75) is 32.8 Å². The van der Waals surface area contributed by atoms with Gasteiger partial charge in [0.2, 0.25) is 0 Å². The van der Waals surface area contributed by atoms with Gasteiger partial charge in [0.25, 0.3) is 5.91 Å². The normalized spacial score (nSPS) is 11.6. The van der Waals surface area contributed by atoms with E-state index in [1.165, 1.54) is 0 Å². The van der Waals surface area contributed by atoms with Crippen LogP contribution in [0.25, 0.3) is 0 Å². The lowest BCUT2D eigenvalue weighted by Crippen LogP contribution is -2.30. The summed E-state index contributed by atoms with van der Waals surface area (Å²) in [6.45, 7) is 3.37. The van der Waals surface area contributed by atoms with Crippen LogP contribution in [-0.2, 0) is 20.7 Å². The first kappa shape index (κ1) is 18.0. The number of aryl methyl sites for hydroxylation is 1. The number of esters is 1. The van der Waals surface area contributed by atoms with Gasteiger partial charge in [0.05, 0.1) is 0 Å². The van der Waals surface area contributed by atoms with Crippen molar-refractivity contribution in [3.8, 4) is 0 Å². The molecule has 4 nitrogen and oxygen atoms in total. The van der Waals surface area contributed by atoms with Crippen LogP contribution in [0.3, 0.4) is 0 Å². The summed E-state index contributed by atoms with van der Waals surface area (Å²) >= 11 is 6.02. The summed E-state index contributed by atoms with van der Waals surface area (Å²) < 4.78 is 5.19. The van der Waals surface area contributed by atoms with E-state index >= 15 is 0 Å². The molecule has 0 aliphatic carbocycles. The minimum Gasteiger partial charge on any atom is -0.453 e. The van der Waals surface area contributed by atoms with Gasteiger partial charge in [0, 0.05) is 17.1 Å². The van der Waals surface area contributed by atoms with Gasteiger partial charge in [-0.15, -0.1) is 0 Å². The second kappa shape index (κ2) is 8.50. The van der Waals surface area contributed by atoms with Gasteiger partial charge in [-0.3, -0.25) is 9.59 Å². The maximum absolute atomic E-state index is 12.2. The van der Waals surface area contributed by atoms with Crippen LogP contribution >= 0.6 is 11.6 Å². The fraction of sp³-hybridized carbons (Fsp3) is 0.263. The highest BCUT2D eigenvalue weighted by Gasteiger charge is 2.18. The van der Waals surface area contributed by atoms with E-state index in [-0.39, 0.29) is 12.3 Å². The minimum atomic E-state index is -0.869. The van der Waals surface area contributed by atoms with Crippen molar-refractivity contribution in [1.29, 1.82) is 0 Å². The second-order valence-corrected chi connectivity index (χ2v) is 5.93. The van der Waals surface area contributed by atoms with Gasteiger partial charge >= 0.3 is 5.97 Å². The third-order valence-corrected chi connectivity index (χ3v) is 4.07. The summed E-state index contributed by atoms with van der Waals surface area (Å²) in [4.78, 5) is 24.0. The van der Waals surface area contributed by atoms with Crippen LogP contribution in [0.5, 0.6) is 0 Å². The van der Waals surface area contributed by atoms with E-state index < -0.39 is 12.1 Å². The molecule has 0 unspecified atom stereocenters. The molecule has 1 atom stereocenters. The Bertz CT molecular complexity index is 716. The molecule has 126 valence electrons. The largest absolute Gasteiger partial charge is 0.453 e. The van der Waals surface area contributed by atoms with Gasteiger partial charge in [-0.25, -0.2) is 0 Å². The minimum absolute atomic E-state index is 0.234. The molecule has 0 saturated heterocycles. The van der Waals surface area contributed by atoms with Gasteiger partial charge in [0.15, 0.2) is 6.10 Å². The van der Waals surface area contributed by atoms with Crippen LogP contribution in [-0.4, -0.2) is 18.0 Å². The Labute approximate surface area is 146 Å². The fourth-order valence-corrected chi connectivity index (χ4v) is 2.35. The molecule has 1 amide bonds. The SMILES string of the molecule is Cc1c(Cl)cccc1NC(=O)[C@H](C)OC(=O)CCc1ccccc1. The Kier molecular flexibility index (Phi) is 6.38. The summed E-state index contributed by atoms with van der Waals surface area (Å²) in [6.07, 6.45) is -0.0501. The van der Waals surface area contributed by atoms with Crippen molar-refractivity contribution in [2.75, 3.05) is 5.32 Å². The van der Waals surface area contributed by atoms with Crippen molar-refractivity contribution in [2.24, 2.45) is 0 Å². The van der Waals surface area contributed by atoms with Gasteiger partial charge < -0.3 is 10.1 Å². The Morgan fingerprint density at radius 3 is 2.54 bits per heavy atom. The average molecular weight is 346 g/mol. The number of nitrogens with one attached hydrogen (secondary N) is 1. The third kappa shape index (κ3) is 5.10. The molecular formula is C19H20ClNO3. The highest BCUT2D eigenvalue weighted by Crippen LogP contribution is 2.23. The lowest BCUT2D eigenvalue weighted by atomic mass is 10.1. The monoisotopic (exact) mass is 345 g/mol. The Balaban J connectivity index is 1.84. The van der Waals surface area contributed by atoms with Crippen LogP contribution in [0.4, 0.5) is 5.69 Å². The molecule has 2 aromatic rings. The highest BCUT2D eigenvalue weighted by molar-refractivity contribution is 6.31. The zero-order valence-corrected chi connectivity index (χ0v) is 14.5. The van der Waals surface area contributed by atoms with E-state index in [0.29, 0.717) is 17.1 Å². The lowest BCUT2D eigenvalue weighted by molar-refractivity contribution is -0.153. The van der Waals surface area contributed by atoms with Gasteiger partial charge in [-0.05, 0) is 43.5 Å². The molecule has 24 heavy (non-hydrogen) atoms. The third-order valence-electron chi connectivity index (χ3n) is 3.66. The molecule has 2 aromatic carbocycles. The van der Waals surface area contributed by atoms with E-state index in [2.05, 4.69) is 5.32 Å². The molecule has 0 spiro atoms. The first-order valence-corrected chi connectivity index (χ1v) is 8.14. The van der Waals surface area contributed by atoms with Gasteiger partial charge in [-0.1, -0.05) is 48.0 Å². The van der Waals surface area contributed by atoms with Crippen LogP contribution < -0.4 is 5.32 Å². The topological polar surface area (TPSA) is 55.4 Å². The Morgan fingerprint density at radius 2 is 1.83 bits per heavy atom. The molecule has 0 aromatic heterocycles. The van der Waals surface area contributed by atoms with E-state index in [4.69, 9.17) is 16.3 Å².